The summed E-state index contributed by atoms with van der Waals surface area (Å²) in [5.41, 5.74) is 1.59. The number of sulfonamides is 1. The van der Waals surface area contributed by atoms with Gasteiger partial charge in [0, 0.05) is 37.8 Å². The Bertz CT molecular complexity index is 1140. The van der Waals surface area contributed by atoms with E-state index in [1.807, 2.05) is 60.9 Å². The molecule has 0 radical (unpaired) electrons. The van der Waals surface area contributed by atoms with Crippen molar-refractivity contribution in [3.8, 4) is 5.75 Å². The number of likely N-dealkylation sites (tertiary alicyclic amines) is 1. The zero-order valence-electron chi connectivity index (χ0n) is 23.0. The van der Waals surface area contributed by atoms with Gasteiger partial charge in [-0.1, -0.05) is 51.1 Å². The number of carbonyl (C=O) groups excluding carboxylic acids is 2. The highest BCUT2D eigenvalue weighted by atomic mass is 32.2. The quantitative estimate of drug-likeness (QED) is 0.404. The third kappa shape index (κ3) is 8.04. The molecule has 3 rings (SSSR count). The second kappa shape index (κ2) is 13.8. The number of carbonyl (C=O) groups is 2. The molecule has 0 bridgehead atoms. The van der Waals surface area contributed by atoms with E-state index in [9.17, 15) is 18.0 Å². The molecule has 38 heavy (non-hydrogen) atoms. The Morgan fingerprint density at radius 2 is 1.66 bits per heavy atom. The maximum absolute atomic E-state index is 13.7. The summed E-state index contributed by atoms with van der Waals surface area (Å²) in [6, 6.07) is 16.7. The van der Waals surface area contributed by atoms with Crippen LogP contribution >= 0.6 is 0 Å². The van der Waals surface area contributed by atoms with Gasteiger partial charge in [0.05, 0.1) is 19.4 Å². The van der Waals surface area contributed by atoms with Gasteiger partial charge < -0.3 is 14.5 Å². The summed E-state index contributed by atoms with van der Waals surface area (Å²) in [5.74, 6) is 0.583. The van der Waals surface area contributed by atoms with Gasteiger partial charge in [0.2, 0.25) is 15.9 Å². The van der Waals surface area contributed by atoms with E-state index in [0.29, 0.717) is 56.8 Å². The first-order valence-corrected chi connectivity index (χ1v) is 15.0. The maximum atomic E-state index is 13.7. The van der Waals surface area contributed by atoms with Gasteiger partial charge in [0.15, 0.2) is 0 Å². The van der Waals surface area contributed by atoms with Gasteiger partial charge >= 0.3 is 0 Å². The molecule has 2 aromatic carbocycles. The SMILES string of the molecule is CCCS(=O)(=O)N(CC(=O)N(Cc1ccccc1)C1CCN(C(=O)c2ccc(OC)cc2)CC1)CC(C)C. The van der Waals surface area contributed by atoms with Crippen molar-refractivity contribution in [1.29, 1.82) is 0 Å². The van der Waals surface area contributed by atoms with Gasteiger partial charge in [-0.2, -0.15) is 4.31 Å². The number of benzene rings is 2. The topological polar surface area (TPSA) is 87.2 Å². The molecule has 1 heterocycles. The lowest BCUT2D eigenvalue weighted by Crippen LogP contribution is -2.51. The Morgan fingerprint density at radius 3 is 2.21 bits per heavy atom. The van der Waals surface area contributed by atoms with E-state index in [1.54, 1.807) is 31.4 Å². The predicted octanol–water partition coefficient (Wildman–Crippen LogP) is 4.03. The van der Waals surface area contributed by atoms with Crippen LogP contribution in [0.15, 0.2) is 54.6 Å². The summed E-state index contributed by atoms with van der Waals surface area (Å²) < 4.78 is 32.4. The molecule has 1 fully saturated rings. The fourth-order valence-electron chi connectivity index (χ4n) is 4.81. The Balaban J connectivity index is 1.75. The first kappa shape index (κ1) is 29.6. The lowest BCUT2D eigenvalue weighted by molar-refractivity contribution is -0.135. The van der Waals surface area contributed by atoms with Crippen molar-refractivity contribution < 1.29 is 22.7 Å². The number of hydrogen-bond donors (Lipinski definition) is 0. The number of ether oxygens (including phenoxy) is 1. The summed E-state index contributed by atoms with van der Waals surface area (Å²) in [6.07, 6.45) is 1.76. The molecule has 9 heteroatoms. The van der Waals surface area contributed by atoms with E-state index in [2.05, 4.69) is 0 Å². The minimum Gasteiger partial charge on any atom is -0.497 e. The second-order valence-electron chi connectivity index (χ2n) is 10.3. The molecule has 1 saturated heterocycles. The normalized spacial score (nSPS) is 14.6. The van der Waals surface area contributed by atoms with Crippen LogP contribution in [0, 0.1) is 5.92 Å². The van der Waals surface area contributed by atoms with Crippen molar-refractivity contribution in [3.63, 3.8) is 0 Å². The van der Waals surface area contributed by atoms with Crippen molar-refractivity contribution >= 4 is 21.8 Å². The van der Waals surface area contributed by atoms with Gasteiger partial charge in [0.25, 0.3) is 5.91 Å². The molecule has 1 aliphatic heterocycles. The molecule has 2 amide bonds. The highest BCUT2D eigenvalue weighted by Crippen LogP contribution is 2.23. The first-order chi connectivity index (χ1) is 18.1. The lowest BCUT2D eigenvalue weighted by Gasteiger charge is -2.39. The lowest BCUT2D eigenvalue weighted by atomic mass is 10.0. The zero-order chi connectivity index (χ0) is 27.7. The number of nitrogens with zero attached hydrogens (tertiary/aromatic N) is 3. The van der Waals surface area contributed by atoms with Crippen LogP contribution in [0.4, 0.5) is 0 Å². The maximum Gasteiger partial charge on any atom is 0.253 e. The smallest absolute Gasteiger partial charge is 0.253 e. The van der Waals surface area contributed by atoms with E-state index >= 15 is 0 Å². The van der Waals surface area contributed by atoms with E-state index in [0.717, 1.165) is 5.56 Å². The highest BCUT2D eigenvalue weighted by Gasteiger charge is 2.33. The van der Waals surface area contributed by atoms with Gasteiger partial charge in [-0.05, 0) is 55.0 Å². The number of piperidine rings is 1. The van der Waals surface area contributed by atoms with Gasteiger partial charge in [-0.15, -0.1) is 0 Å². The molecule has 0 aliphatic carbocycles. The third-order valence-electron chi connectivity index (χ3n) is 6.78. The second-order valence-corrected chi connectivity index (χ2v) is 12.3. The van der Waals surface area contributed by atoms with Crippen molar-refractivity contribution in [3.05, 3.63) is 65.7 Å². The van der Waals surface area contributed by atoms with Crippen LogP contribution in [0.5, 0.6) is 5.75 Å². The molecule has 0 saturated carbocycles. The largest absolute Gasteiger partial charge is 0.497 e. The van der Waals surface area contributed by atoms with Crippen LogP contribution in [0.25, 0.3) is 0 Å². The summed E-state index contributed by atoms with van der Waals surface area (Å²) in [6.45, 7) is 7.33. The summed E-state index contributed by atoms with van der Waals surface area (Å²) in [4.78, 5) is 30.4. The van der Waals surface area contributed by atoms with Crippen LogP contribution in [-0.2, 0) is 21.4 Å². The summed E-state index contributed by atoms with van der Waals surface area (Å²) in [5, 5.41) is 0. The molecule has 0 unspecified atom stereocenters. The molecule has 208 valence electrons. The zero-order valence-corrected chi connectivity index (χ0v) is 23.8. The monoisotopic (exact) mass is 543 g/mol. The van der Waals surface area contributed by atoms with Gasteiger partial charge in [0.1, 0.15) is 5.75 Å². The average Bonchev–Trinajstić information content (AvgIpc) is 2.91. The van der Waals surface area contributed by atoms with Crippen molar-refractivity contribution in [1.82, 2.24) is 14.1 Å². The summed E-state index contributed by atoms with van der Waals surface area (Å²) >= 11 is 0. The van der Waals surface area contributed by atoms with Crippen LogP contribution in [0.2, 0.25) is 0 Å². The highest BCUT2D eigenvalue weighted by molar-refractivity contribution is 7.89. The van der Waals surface area contributed by atoms with Crippen molar-refractivity contribution in [2.24, 2.45) is 5.92 Å². The number of methoxy groups -OCH3 is 1. The summed E-state index contributed by atoms with van der Waals surface area (Å²) in [7, 11) is -1.94. The Kier molecular flexibility index (Phi) is 10.7. The fourth-order valence-corrected chi connectivity index (χ4v) is 6.42. The third-order valence-corrected chi connectivity index (χ3v) is 8.77. The number of rotatable bonds is 12. The van der Waals surface area contributed by atoms with E-state index in [4.69, 9.17) is 4.74 Å². The molecule has 8 nitrogen and oxygen atoms in total. The Labute approximate surface area is 227 Å². The molecular weight excluding hydrogens is 502 g/mol. The molecule has 0 atom stereocenters. The molecule has 0 aromatic heterocycles. The van der Waals surface area contributed by atoms with E-state index in [1.165, 1.54) is 4.31 Å². The molecule has 1 aliphatic rings. The van der Waals surface area contributed by atoms with Crippen LogP contribution < -0.4 is 4.74 Å². The predicted molar refractivity (Wildman–Crippen MR) is 149 cm³/mol. The number of amides is 2. The van der Waals surface area contributed by atoms with Crippen LogP contribution in [0.1, 0.15) is 56.0 Å². The van der Waals surface area contributed by atoms with Crippen LogP contribution in [-0.4, -0.2) is 79.4 Å². The van der Waals surface area contributed by atoms with Gasteiger partial charge in [-0.25, -0.2) is 8.42 Å². The van der Waals surface area contributed by atoms with Gasteiger partial charge in [-0.3, -0.25) is 9.59 Å². The molecule has 0 spiro atoms. The first-order valence-electron chi connectivity index (χ1n) is 13.4. The molecular formula is C29H41N3O5S. The van der Waals surface area contributed by atoms with E-state index in [-0.39, 0.29) is 36.1 Å². The minimum atomic E-state index is -3.53. The minimum absolute atomic E-state index is 0.0253. The molecule has 0 N–H and O–H groups in total. The molecule has 2 aromatic rings. The Morgan fingerprint density at radius 1 is 1.03 bits per heavy atom. The van der Waals surface area contributed by atoms with Crippen LogP contribution in [0.3, 0.4) is 0 Å². The standard InChI is InChI=1S/C29H41N3O5S/c1-5-19-38(35,36)31(20-23(2)3)22-28(33)32(21-24-9-7-6-8-10-24)26-15-17-30(18-16-26)29(34)25-11-13-27(37-4)14-12-25/h6-14,23,26H,5,15-22H2,1-4H3. The Hall–Kier alpha value is -2.91. The van der Waals surface area contributed by atoms with E-state index < -0.39 is 10.0 Å². The number of hydrogen-bond acceptors (Lipinski definition) is 5. The van der Waals surface area contributed by atoms with Crippen molar-refractivity contribution in [2.75, 3.05) is 39.0 Å². The fraction of sp³-hybridized carbons (Fsp3) is 0.517. The average molecular weight is 544 g/mol. The van der Waals surface area contributed by atoms with Crippen molar-refractivity contribution in [2.45, 2.75) is 52.6 Å².